The van der Waals surface area contributed by atoms with Gasteiger partial charge in [-0.3, -0.25) is 0 Å². The van der Waals surface area contributed by atoms with Gasteiger partial charge in [0.05, 0.1) is 19.3 Å². The number of rotatable bonds is 5. The minimum atomic E-state index is -0.228. The van der Waals surface area contributed by atoms with Gasteiger partial charge in [0.25, 0.3) is 0 Å². The summed E-state index contributed by atoms with van der Waals surface area (Å²) in [6, 6.07) is 1.75. The first-order chi connectivity index (χ1) is 6.27. The van der Waals surface area contributed by atoms with Gasteiger partial charge in [-0.15, -0.1) is 11.3 Å². The van der Waals surface area contributed by atoms with Crippen LogP contribution in [-0.2, 0) is 6.54 Å². The van der Waals surface area contributed by atoms with Gasteiger partial charge in [0.2, 0.25) is 0 Å². The van der Waals surface area contributed by atoms with E-state index in [2.05, 4.69) is 21.2 Å². The maximum Gasteiger partial charge on any atom is 0.0607 e. The zero-order valence-electron chi connectivity index (χ0n) is 7.03. The normalized spacial score (nSPS) is 11.1. The highest BCUT2D eigenvalue weighted by atomic mass is 79.9. The van der Waals surface area contributed by atoms with Gasteiger partial charge in [-0.25, -0.2) is 0 Å². The molecule has 0 unspecified atom stereocenters. The average molecular weight is 266 g/mol. The molecule has 0 saturated heterocycles. The number of nitrogens with one attached hydrogen (secondary N) is 1. The Kier molecular flexibility index (Phi) is 4.90. The van der Waals surface area contributed by atoms with Crippen molar-refractivity contribution in [2.75, 3.05) is 13.2 Å². The molecule has 3 N–H and O–H groups in total. The Hall–Kier alpha value is 0.0600. The molecule has 0 fully saturated rings. The lowest BCUT2D eigenvalue weighted by Crippen LogP contribution is -2.34. The van der Waals surface area contributed by atoms with Crippen molar-refractivity contribution < 1.29 is 10.2 Å². The molecule has 0 bridgehead atoms. The van der Waals surface area contributed by atoms with E-state index in [1.807, 2.05) is 11.4 Å². The van der Waals surface area contributed by atoms with Gasteiger partial charge in [0, 0.05) is 15.9 Å². The summed E-state index contributed by atoms with van der Waals surface area (Å²) in [5.41, 5.74) is 0. The van der Waals surface area contributed by atoms with Crippen LogP contribution in [0.2, 0.25) is 0 Å². The quantitative estimate of drug-likeness (QED) is 0.744. The van der Waals surface area contributed by atoms with Gasteiger partial charge in [-0.1, -0.05) is 0 Å². The molecule has 1 heterocycles. The monoisotopic (exact) mass is 265 g/mol. The van der Waals surface area contributed by atoms with Crippen molar-refractivity contribution in [3.8, 4) is 0 Å². The summed E-state index contributed by atoms with van der Waals surface area (Å²) in [4.78, 5) is 1.17. The Bertz CT molecular complexity index is 250. The van der Waals surface area contributed by atoms with Crippen molar-refractivity contribution in [1.29, 1.82) is 0 Å². The topological polar surface area (TPSA) is 52.5 Å². The van der Waals surface area contributed by atoms with Crippen LogP contribution in [0.25, 0.3) is 0 Å². The SMILES string of the molecule is OCC(CO)NCc1sccc1Br. The van der Waals surface area contributed by atoms with Gasteiger partial charge >= 0.3 is 0 Å². The van der Waals surface area contributed by atoms with Crippen molar-refractivity contribution >= 4 is 27.3 Å². The van der Waals surface area contributed by atoms with E-state index in [1.165, 1.54) is 4.88 Å². The molecular formula is C8H12BrNO2S. The summed E-state index contributed by atoms with van der Waals surface area (Å²) in [5, 5.41) is 22.6. The van der Waals surface area contributed by atoms with Gasteiger partial charge in [-0.2, -0.15) is 0 Å². The zero-order valence-corrected chi connectivity index (χ0v) is 9.44. The molecule has 0 radical (unpaired) electrons. The Morgan fingerprint density at radius 3 is 2.62 bits per heavy atom. The number of hydrogen-bond donors (Lipinski definition) is 3. The van der Waals surface area contributed by atoms with Crippen molar-refractivity contribution in [2.45, 2.75) is 12.6 Å². The average Bonchev–Trinajstić information content (AvgIpc) is 2.54. The van der Waals surface area contributed by atoms with E-state index in [4.69, 9.17) is 10.2 Å². The second kappa shape index (κ2) is 5.72. The largest absolute Gasteiger partial charge is 0.395 e. The highest BCUT2D eigenvalue weighted by molar-refractivity contribution is 9.10. The van der Waals surface area contributed by atoms with E-state index in [9.17, 15) is 0 Å². The lowest BCUT2D eigenvalue weighted by atomic mass is 10.3. The molecule has 0 aliphatic carbocycles. The lowest BCUT2D eigenvalue weighted by Gasteiger charge is -2.12. The molecule has 0 amide bonds. The molecular weight excluding hydrogens is 254 g/mol. The maximum absolute atomic E-state index is 8.79. The Morgan fingerprint density at radius 2 is 2.15 bits per heavy atom. The summed E-state index contributed by atoms with van der Waals surface area (Å²) in [6.45, 7) is 0.586. The molecule has 0 saturated carbocycles. The summed E-state index contributed by atoms with van der Waals surface area (Å²) < 4.78 is 1.07. The molecule has 0 aliphatic rings. The van der Waals surface area contributed by atoms with E-state index < -0.39 is 0 Å². The van der Waals surface area contributed by atoms with E-state index in [0.717, 1.165) is 4.47 Å². The van der Waals surface area contributed by atoms with Gasteiger partial charge in [0.1, 0.15) is 0 Å². The molecule has 0 spiro atoms. The van der Waals surface area contributed by atoms with Crippen molar-refractivity contribution in [1.82, 2.24) is 5.32 Å². The first-order valence-corrected chi connectivity index (χ1v) is 5.62. The van der Waals surface area contributed by atoms with Gasteiger partial charge in [-0.05, 0) is 27.4 Å². The number of hydrogen-bond acceptors (Lipinski definition) is 4. The number of aliphatic hydroxyl groups is 2. The summed E-state index contributed by atoms with van der Waals surface area (Å²) in [7, 11) is 0. The Morgan fingerprint density at radius 1 is 1.46 bits per heavy atom. The first-order valence-electron chi connectivity index (χ1n) is 3.95. The van der Waals surface area contributed by atoms with Gasteiger partial charge < -0.3 is 15.5 Å². The van der Waals surface area contributed by atoms with E-state index in [1.54, 1.807) is 11.3 Å². The predicted molar refractivity (Wildman–Crippen MR) is 56.8 cm³/mol. The molecule has 1 rings (SSSR count). The zero-order chi connectivity index (χ0) is 9.68. The third kappa shape index (κ3) is 3.36. The molecule has 1 aromatic rings. The van der Waals surface area contributed by atoms with Crippen LogP contribution in [-0.4, -0.2) is 29.5 Å². The van der Waals surface area contributed by atoms with Crippen LogP contribution in [0.1, 0.15) is 4.88 Å². The second-order valence-electron chi connectivity index (χ2n) is 2.63. The molecule has 1 aromatic heterocycles. The van der Waals surface area contributed by atoms with Crippen LogP contribution in [0.3, 0.4) is 0 Å². The first kappa shape index (κ1) is 11.1. The molecule has 5 heteroatoms. The van der Waals surface area contributed by atoms with Crippen LogP contribution < -0.4 is 5.32 Å². The standard InChI is InChI=1S/C8H12BrNO2S/c9-7-1-2-13-8(7)3-10-6(4-11)5-12/h1-2,6,10-12H,3-5H2. The molecule has 13 heavy (non-hydrogen) atoms. The Balaban J connectivity index is 2.38. The van der Waals surface area contributed by atoms with Crippen LogP contribution in [0.15, 0.2) is 15.9 Å². The van der Waals surface area contributed by atoms with Crippen LogP contribution in [0.4, 0.5) is 0 Å². The smallest absolute Gasteiger partial charge is 0.0607 e. The lowest BCUT2D eigenvalue weighted by molar-refractivity contribution is 0.170. The third-order valence-electron chi connectivity index (χ3n) is 1.68. The fourth-order valence-electron chi connectivity index (χ4n) is 0.875. The highest BCUT2D eigenvalue weighted by Gasteiger charge is 2.06. The van der Waals surface area contributed by atoms with Gasteiger partial charge in [0.15, 0.2) is 0 Å². The summed E-state index contributed by atoms with van der Waals surface area (Å²) in [6.07, 6.45) is 0. The van der Waals surface area contributed by atoms with E-state index in [-0.39, 0.29) is 19.3 Å². The fourth-order valence-corrected chi connectivity index (χ4v) is 2.32. The highest BCUT2D eigenvalue weighted by Crippen LogP contribution is 2.22. The maximum atomic E-state index is 8.79. The number of halogens is 1. The molecule has 0 aromatic carbocycles. The number of thiophene rings is 1. The summed E-state index contributed by atoms with van der Waals surface area (Å²) >= 11 is 5.05. The van der Waals surface area contributed by atoms with Crippen LogP contribution >= 0.6 is 27.3 Å². The van der Waals surface area contributed by atoms with Crippen molar-refractivity contribution in [3.05, 3.63) is 20.8 Å². The molecule has 0 atom stereocenters. The fraction of sp³-hybridized carbons (Fsp3) is 0.500. The minimum Gasteiger partial charge on any atom is -0.395 e. The third-order valence-corrected chi connectivity index (χ3v) is 3.61. The van der Waals surface area contributed by atoms with E-state index >= 15 is 0 Å². The predicted octanol–water partition coefficient (Wildman–Crippen LogP) is 0.953. The molecule has 3 nitrogen and oxygen atoms in total. The second-order valence-corrected chi connectivity index (χ2v) is 4.49. The molecule has 0 aliphatic heterocycles. The van der Waals surface area contributed by atoms with Crippen LogP contribution in [0.5, 0.6) is 0 Å². The molecule has 74 valence electrons. The Labute approximate surface area is 89.5 Å². The number of aliphatic hydroxyl groups excluding tert-OH is 2. The summed E-state index contributed by atoms with van der Waals surface area (Å²) in [5.74, 6) is 0. The minimum absolute atomic E-state index is 0.0422. The van der Waals surface area contributed by atoms with Crippen molar-refractivity contribution in [2.24, 2.45) is 0 Å². The van der Waals surface area contributed by atoms with Crippen molar-refractivity contribution in [3.63, 3.8) is 0 Å². The van der Waals surface area contributed by atoms with Crippen LogP contribution in [0, 0.1) is 0 Å². The van der Waals surface area contributed by atoms with E-state index in [0.29, 0.717) is 6.54 Å².